The fraction of sp³-hybridized carbons (Fsp3) is 0.211. The molecule has 1 fully saturated rings. The van der Waals surface area contributed by atoms with Crippen molar-refractivity contribution in [2.45, 2.75) is 12.1 Å². The number of carbonyl (C=O) groups is 1. The molecule has 2 heterocycles. The first-order chi connectivity index (χ1) is 22.1. The molecule has 1 saturated heterocycles. The number of benzene rings is 4. The molecule has 0 atom stereocenters. The molecule has 228 valence electrons. The van der Waals surface area contributed by atoms with E-state index in [-0.39, 0.29) is 0 Å². The van der Waals surface area contributed by atoms with Gasteiger partial charge in [0, 0.05) is 50.7 Å². The van der Waals surface area contributed by atoms with Gasteiger partial charge in [0.2, 0.25) is 5.75 Å². The molecule has 45 heavy (non-hydrogen) atoms. The minimum Gasteiger partial charge on any atom is -0.493 e. The fourth-order valence-electron chi connectivity index (χ4n) is 6.38. The van der Waals surface area contributed by atoms with Crippen molar-refractivity contribution in [1.29, 1.82) is 0 Å². The maximum absolute atomic E-state index is 13.1. The number of nitrogens with zero attached hydrogens (tertiary/aromatic N) is 3. The largest absolute Gasteiger partial charge is 0.493 e. The lowest BCUT2D eigenvalue weighted by Gasteiger charge is -2.49. The van der Waals surface area contributed by atoms with Gasteiger partial charge < -0.3 is 14.2 Å². The number of piperazine rings is 1. The van der Waals surface area contributed by atoms with Crippen molar-refractivity contribution in [2.24, 2.45) is 0 Å². The van der Waals surface area contributed by atoms with Crippen LogP contribution >= 0.6 is 0 Å². The van der Waals surface area contributed by atoms with Gasteiger partial charge in [0.25, 0.3) is 0 Å². The van der Waals surface area contributed by atoms with E-state index >= 15 is 0 Å². The average molecular weight is 600 g/mol. The summed E-state index contributed by atoms with van der Waals surface area (Å²) in [5, 5.41) is 0. The Morgan fingerprint density at radius 1 is 0.689 bits per heavy atom. The molecule has 0 spiro atoms. The summed E-state index contributed by atoms with van der Waals surface area (Å²) < 4.78 is 17.2. The number of ether oxygens (including phenoxy) is 3. The number of methoxy groups -OCH3 is 2. The quantitative estimate of drug-likeness (QED) is 0.104. The second kappa shape index (κ2) is 13.8. The Balaban J connectivity index is 1.31. The molecule has 0 aliphatic carbocycles. The molecule has 1 aliphatic rings. The van der Waals surface area contributed by atoms with Gasteiger partial charge in [-0.1, -0.05) is 97.1 Å². The highest BCUT2D eigenvalue weighted by Crippen LogP contribution is 2.44. The molecule has 0 unspecified atom stereocenters. The average Bonchev–Trinajstić information content (AvgIpc) is 3.11. The van der Waals surface area contributed by atoms with Crippen LogP contribution in [0.4, 0.5) is 0 Å². The minimum atomic E-state index is -0.501. The zero-order valence-corrected chi connectivity index (χ0v) is 25.6. The van der Waals surface area contributed by atoms with Gasteiger partial charge >= 0.3 is 5.97 Å². The molecule has 6 rings (SSSR count). The van der Waals surface area contributed by atoms with Crippen LogP contribution in [0.3, 0.4) is 0 Å². The highest BCUT2D eigenvalue weighted by molar-refractivity contribution is 5.91. The third kappa shape index (κ3) is 6.05. The maximum atomic E-state index is 13.1. The second-order valence-electron chi connectivity index (χ2n) is 11.0. The van der Waals surface area contributed by atoms with Gasteiger partial charge in [-0.15, -0.1) is 0 Å². The Hall–Kier alpha value is -4.98. The van der Waals surface area contributed by atoms with Gasteiger partial charge in [-0.2, -0.15) is 0 Å². The lowest BCUT2D eigenvalue weighted by Crippen LogP contribution is -2.56. The summed E-state index contributed by atoms with van der Waals surface area (Å²) in [6, 6.07) is 39.6. The SMILES string of the molecule is COc1ccc(CN2CCN(C(c3ccccc3)(c3ccccc3)c3ccccc3)CC2)c(OC(=O)c2cccnc2)c1OC. The smallest absolute Gasteiger partial charge is 0.345 e. The van der Waals surface area contributed by atoms with Gasteiger partial charge in [-0.3, -0.25) is 14.8 Å². The minimum absolute atomic E-state index is 0.361. The van der Waals surface area contributed by atoms with Crippen molar-refractivity contribution in [3.63, 3.8) is 0 Å². The Kier molecular flexibility index (Phi) is 9.19. The van der Waals surface area contributed by atoms with Crippen LogP contribution in [0.5, 0.6) is 17.2 Å². The van der Waals surface area contributed by atoms with Crippen molar-refractivity contribution in [1.82, 2.24) is 14.8 Å². The van der Waals surface area contributed by atoms with Gasteiger partial charge in [0.15, 0.2) is 11.5 Å². The normalized spacial score (nSPS) is 14.1. The summed E-state index contributed by atoms with van der Waals surface area (Å²) in [6.07, 6.45) is 3.11. The van der Waals surface area contributed by atoms with Crippen LogP contribution < -0.4 is 14.2 Å². The molecular weight excluding hydrogens is 562 g/mol. The number of pyridine rings is 1. The van der Waals surface area contributed by atoms with Crippen LogP contribution in [-0.4, -0.2) is 61.2 Å². The lowest BCUT2D eigenvalue weighted by atomic mass is 9.75. The Labute approximate surface area is 264 Å². The molecule has 0 saturated carbocycles. The van der Waals surface area contributed by atoms with E-state index in [1.807, 2.05) is 12.1 Å². The zero-order chi connectivity index (χ0) is 31.1. The van der Waals surface area contributed by atoms with Gasteiger partial charge in [-0.25, -0.2) is 4.79 Å². The van der Waals surface area contributed by atoms with Crippen LogP contribution in [0.15, 0.2) is 128 Å². The summed E-state index contributed by atoms with van der Waals surface area (Å²) in [5.74, 6) is 0.750. The number of esters is 1. The Morgan fingerprint density at radius 3 is 1.76 bits per heavy atom. The third-order valence-corrected chi connectivity index (χ3v) is 8.49. The van der Waals surface area contributed by atoms with E-state index in [0.717, 1.165) is 31.7 Å². The molecule has 4 aromatic carbocycles. The van der Waals surface area contributed by atoms with Gasteiger partial charge in [0.1, 0.15) is 0 Å². The lowest BCUT2D eigenvalue weighted by molar-refractivity contribution is 0.0667. The standard InChI is InChI=1S/C38H37N3O4/c1-43-34-21-20-30(35(36(34)44-2)45-37(42)29-13-12-22-39-27-29)28-40-23-25-41(26-24-40)38(31-14-6-3-7-15-31,32-16-8-4-9-17-32)33-18-10-5-11-19-33/h3-22,27H,23-26,28H2,1-2H3. The Morgan fingerprint density at radius 2 is 1.27 bits per heavy atom. The number of rotatable bonds is 10. The molecule has 7 nitrogen and oxygen atoms in total. The first-order valence-corrected chi connectivity index (χ1v) is 15.1. The van der Waals surface area contributed by atoms with Gasteiger partial charge in [0.05, 0.1) is 25.3 Å². The summed E-state index contributed by atoms with van der Waals surface area (Å²) >= 11 is 0. The molecule has 1 aromatic heterocycles. The van der Waals surface area contributed by atoms with E-state index in [0.29, 0.717) is 29.4 Å². The third-order valence-electron chi connectivity index (χ3n) is 8.49. The first kappa shape index (κ1) is 30.1. The van der Waals surface area contributed by atoms with Crippen LogP contribution in [0.1, 0.15) is 32.6 Å². The van der Waals surface area contributed by atoms with Crippen molar-refractivity contribution in [3.8, 4) is 17.2 Å². The summed E-state index contributed by atoms with van der Waals surface area (Å²) in [4.78, 5) is 22.2. The van der Waals surface area contributed by atoms with E-state index in [9.17, 15) is 4.79 Å². The van der Waals surface area contributed by atoms with E-state index in [1.165, 1.54) is 22.9 Å². The Bertz CT molecular complexity index is 1590. The van der Waals surface area contributed by atoms with E-state index < -0.39 is 11.5 Å². The summed E-state index contributed by atoms with van der Waals surface area (Å²) in [5.41, 5.74) is 4.46. The molecule has 0 radical (unpaired) electrons. The predicted octanol–water partition coefficient (Wildman–Crippen LogP) is 6.43. The first-order valence-electron chi connectivity index (χ1n) is 15.1. The molecule has 0 bridgehead atoms. The number of carbonyl (C=O) groups excluding carboxylic acids is 1. The maximum Gasteiger partial charge on any atom is 0.345 e. The molecule has 1 aliphatic heterocycles. The number of aromatic nitrogens is 1. The van der Waals surface area contributed by atoms with E-state index in [1.54, 1.807) is 32.5 Å². The van der Waals surface area contributed by atoms with Crippen molar-refractivity contribution in [3.05, 3.63) is 155 Å². The second-order valence-corrected chi connectivity index (χ2v) is 11.0. The molecular formula is C38H37N3O4. The number of hydrogen-bond acceptors (Lipinski definition) is 7. The highest BCUT2D eigenvalue weighted by Gasteiger charge is 2.43. The molecule has 0 amide bonds. The van der Waals surface area contributed by atoms with Crippen molar-refractivity contribution < 1.29 is 19.0 Å². The predicted molar refractivity (Wildman–Crippen MR) is 175 cm³/mol. The van der Waals surface area contributed by atoms with Crippen LogP contribution in [-0.2, 0) is 12.1 Å². The van der Waals surface area contributed by atoms with E-state index in [4.69, 9.17) is 14.2 Å². The molecule has 0 N–H and O–H groups in total. The molecule has 5 aromatic rings. The fourth-order valence-corrected chi connectivity index (χ4v) is 6.38. The van der Waals surface area contributed by atoms with Crippen LogP contribution in [0, 0.1) is 0 Å². The van der Waals surface area contributed by atoms with Crippen molar-refractivity contribution in [2.75, 3.05) is 40.4 Å². The van der Waals surface area contributed by atoms with Crippen molar-refractivity contribution >= 4 is 5.97 Å². The number of hydrogen-bond donors (Lipinski definition) is 0. The summed E-state index contributed by atoms with van der Waals surface area (Å²) in [6.45, 7) is 3.88. The topological polar surface area (TPSA) is 64.1 Å². The van der Waals surface area contributed by atoms with E-state index in [2.05, 4.69) is 106 Å². The van der Waals surface area contributed by atoms with Crippen LogP contribution in [0.2, 0.25) is 0 Å². The monoisotopic (exact) mass is 599 g/mol. The highest BCUT2D eigenvalue weighted by atomic mass is 16.6. The van der Waals surface area contributed by atoms with Crippen LogP contribution in [0.25, 0.3) is 0 Å². The summed E-state index contributed by atoms with van der Waals surface area (Å²) in [7, 11) is 3.13. The zero-order valence-electron chi connectivity index (χ0n) is 25.6. The molecule has 7 heteroatoms. The van der Waals surface area contributed by atoms with Gasteiger partial charge in [-0.05, 0) is 34.9 Å².